The van der Waals surface area contributed by atoms with Crippen molar-refractivity contribution in [1.29, 1.82) is 0 Å². The second kappa shape index (κ2) is 9.86. The average molecular weight is 385 g/mol. The van der Waals surface area contributed by atoms with Crippen LogP contribution in [0.5, 0.6) is 0 Å². The number of nitrogens with zero attached hydrogens (tertiary/aromatic N) is 2. The van der Waals surface area contributed by atoms with Gasteiger partial charge in [0.25, 0.3) is 0 Å². The van der Waals surface area contributed by atoms with Crippen LogP contribution in [-0.4, -0.2) is 66.3 Å². The molecule has 1 unspecified atom stereocenters. The molecule has 0 radical (unpaired) electrons. The third-order valence-electron chi connectivity index (χ3n) is 4.29. The second-order valence-electron chi connectivity index (χ2n) is 6.26. The molecule has 1 fully saturated rings. The van der Waals surface area contributed by atoms with Crippen molar-refractivity contribution in [2.24, 2.45) is 16.0 Å². The van der Waals surface area contributed by atoms with Crippen LogP contribution in [0.4, 0.5) is 0 Å². The fourth-order valence-corrected chi connectivity index (χ4v) is 3.38. The number of primary sulfonamides is 1. The number of hydrogen-bond donors (Lipinski definition) is 2. The van der Waals surface area contributed by atoms with Gasteiger partial charge in [0.05, 0.1) is 24.7 Å². The predicted molar refractivity (Wildman–Crippen MR) is 100 cm³/mol. The molecule has 1 aromatic rings. The topological polar surface area (TPSA) is 106 Å². The number of sulfonamides is 1. The van der Waals surface area contributed by atoms with Crippen molar-refractivity contribution in [1.82, 2.24) is 10.2 Å². The highest BCUT2D eigenvalue weighted by Crippen LogP contribution is 2.17. The molecular weight excluding hydrogens is 356 g/mol. The van der Waals surface area contributed by atoms with Crippen LogP contribution < -0.4 is 10.5 Å². The largest absolute Gasteiger partial charge is 0.382 e. The summed E-state index contributed by atoms with van der Waals surface area (Å²) in [5.74, 6) is 1.32. The van der Waals surface area contributed by atoms with Crippen molar-refractivity contribution in [3.8, 4) is 0 Å². The number of hydrogen-bond acceptors (Lipinski definition) is 5. The van der Waals surface area contributed by atoms with Gasteiger partial charge in [-0.3, -0.25) is 4.99 Å². The molecule has 1 heterocycles. The molecule has 3 N–H and O–H groups in total. The Kier molecular flexibility index (Phi) is 7.83. The molecule has 0 saturated carbocycles. The van der Waals surface area contributed by atoms with Crippen molar-refractivity contribution in [3.05, 3.63) is 29.8 Å². The molecule has 0 aliphatic carbocycles. The zero-order valence-corrected chi connectivity index (χ0v) is 16.2. The predicted octanol–water partition coefficient (Wildman–Crippen LogP) is 0.394. The first-order valence-corrected chi connectivity index (χ1v) is 10.1. The minimum absolute atomic E-state index is 0.112. The van der Waals surface area contributed by atoms with E-state index < -0.39 is 10.0 Å². The minimum atomic E-state index is -3.66. The summed E-state index contributed by atoms with van der Waals surface area (Å²) >= 11 is 0. The van der Waals surface area contributed by atoms with Crippen LogP contribution in [0.1, 0.15) is 12.0 Å². The first-order chi connectivity index (χ1) is 12.4. The van der Waals surface area contributed by atoms with Gasteiger partial charge in [-0.15, -0.1) is 0 Å². The Labute approximate surface area is 155 Å². The highest BCUT2D eigenvalue weighted by molar-refractivity contribution is 7.89. The van der Waals surface area contributed by atoms with E-state index in [9.17, 15) is 8.42 Å². The first-order valence-electron chi connectivity index (χ1n) is 8.58. The van der Waals surface area contributed by atoms with E-state index in [-0.39, 0.29) is 4.90 Å². The molecule has 1 aliphatic rings. The Hall–Kier alpha value is -1.68. The highest BCUT2D eigenvalue weighted by atomic mass is 32.2. The standard InChI is InChI=1S/C17H28N4O4S/c1-19-17(21-8-7-15(12-21)13-25-10-9-24-2)20-11-14-3-5-16(6-4-14)26(18,22)23/h3-6,15H,7-13H2,1-2H3,(H,19,20)(H2,18,22,23). The van der Waals surface area contributed by atoms with Gasteiger partial charge in [0, 0.05) is 39.7 Å². The molecule has 1 atom stereocenters. The lowest BCUT2D eigenvalue weighted by atomic mass is 10.1. The van der Waals surface area contributed by atoms with Crippen LogP contribution in [0.25, 0.3) is 0 Å². The molecule has 8 nitrogen and oxygen atoms in total. The molecular formula is C17H28N4O4S. The minimum Gasteiger partial charge on any atom is -0.382 e. The third-order valence-corrected chi connectivity index (χ3v) is 5.21. The van der Waals surface area contributed by atoms with Crippen LogP contribution >= 0.6 is 0 Å². The number of aliphatic imine (C=N–C) groups is 1. The van der Waals surface area contributed by atoms with Crippen LogP contribution in [0.3, 0.4) is 0 Å². The number of methoxy groups -OCH3 is 1. The molecule has 1 aromatic carbocycles. The summed E-state index contributed by atoms with van der Waals surface area (Å²) in [6.07, 6.45) is 1.07. The molecule has 1 aliphatic heterocycles. The van der Waals surface area contributed by atoms with Crippen LogP contribution in [0.2, 0.25) is 0 Å². The highest BCUT2D eigenvalue weighted by Gasteiger charge is 2.24. The van der Waals surface area contributed by atoms with Crippen molar-refractivity contribution < 1.29 is 17.9 Å². The Morgan fingerprint density at radius 2 is 2.08 bits per heavy atom. The van der Waals surface area contributed by atoms with Gasteiger partial charge in [0.1, 0.15) is 0 Å². The smallest absolute Gasteiger partial charge is 0.238 e. The molecule has 0 aromatic heterocycles. The van der Waals surface area contributed by atoms with E-state index >= 15 is 0 Å². The number of ether oxygens (including phenoxy) is 2. The van der Waals surface area contributed by atoms with E-state index in [1.165, 1.54) is 12.1 Å². The molecule has 26 heavy (non-hydrogen) atoms. The van der Waals surface area contributed by atoms with E-state index in [2.05, 4.69) is 15.2 Å². The summed E-state index contributed by atoms with van der Waals surface area (Å²) < 4.78 is 33.2. The Bertz CT molecular complexity index is 691. The number of nitrogens with two attached hydrogens (primary N) is 1. The van der Waals surface area contributed by atoms with Gasteiger partial charge in [0.2, 0.25) is 10.0 Å². The number of benzene rings is 1. The van der Waals surface area contributed by atoms with E-state index in [0.717, 1.165) is 37.6 Å². The lowest BCUT2D eigenvalue weighted by Crippen LogP contribution is -2.39. The van der Waals surface area contributed by atoms with E-state index in [0.29, 0.717) is 25.7 Å². The van der Waals surface area contributed by atoms with Crippen molar-refractivity contribution in [3.63, 3.8) is 0 Å². The van der Waals surface area contributed by atoms with E-state index in [1.54, 1.807) is 26.3 Å². The fourth-order valence-electron chi connectivity index (χ4n) is 2.86. The van der Waals surface area contributed by atoms with Gasteiger partial charge in [-0.2, -0.15) is 0 Å². The lowest BCUT2D eigenvalue weighted by molar-refractivity contribution is 0.0536. The van der Waals surface area contributed by atoms with E-state index in [4.69, 9.17) is 14.6 Å². The summed E-state index contributed by atoms with van der Waals surface area (Å²) in [5.41, 5.74) is 0.956. The normalized spacial score (nSPS) is 18.3. The van der Waals surface area contributed by atoms with Crippen molar-refractivity contribution in [2.75, 3.05) is 47.1 Å². The van der Waals surface area contributed by atoms with Gasteiger partial charge in [-0.05, 0) is 24.1 Å². The molecule has 9 heteroatoms. The number of rotatable bonds is 8. The SMILES string of the molecule is CN=C(NCc1ccc(S(N)(=O)=O)cc1)N1CCC(COCCOC)C1. The van der Waals surface area contributed by atoms with Crippen molar-refractivity contribution in [2.45, 2.75) is 17.9 Å². The fraction of sp³-hybridized carbons (Fsp3) is 0.588. The Morgan fingerprint density at radius 3 is 2.69 bits per heavy atom. The number of nitrogens with one attached hydrogen (secondary N) is 1. The Morgan fingerprint density at radius 1 is 1.35 bits per heavy atom. The summed E-state index contributed by atoms with van der Waals surface area (Å²) in [5, 5.41) is 8.43. The monoisotopic (exact) mass is 384 g/mol. The molecule has 1 saturated heterocycles. The molecule has 0 spiro atoms. The first kappa shape index (κ1) is 20.6. The van der Waals surface area contributed by atoms with Crippen LogP contribution in [-0.2, 0) is 26.0 Å². The zero-order valence-electron chi connectivity index (χ0n) is 15.3. The van der Waals surface area contributed by atoms with Gasteiger partial charge in [-0.25, -0.2) is 13.6 Å². The maximum absolute atomic E-state index is 11.3. The molecule has 0 amide bonds. The number of likely N-dealkylation sites (tertiary alicyclic amines) is 1. The van der Waals surface area contributed by atoms with Gasteiger partial charge in [0.15, 0.2) is 5.96 Å². The molecule has 2 rings (SSSR count). The van der Waals surface area contributed by atoms with Crippen molar-refractivity contribution >= 4 is 16.0 Å². The molecule has 0 bridgehead atoms. The maximum Gasteiger partial charge on any atom is 0.238 e. The van der Waals surface area contributed by atoms with Gasteiger partial charge in [-0.1, -0.05) is 12.1 Å². The van der Waals surface area contributed by atoms with Gasteiger partial charge >= 0.3 is 0 Å². The zero-order chi connectivity index (χ0) is 19.0. The maximum atomic E-state index is 11.3. The third kappa shape index (κ3) is 6.24. The van der Waals surface area contributed by atoms with Gasteiger partial charge < -0.3 is 19.7 Å². The summed E-state index contributed by atoms with van der Waals surface area (Å²) in [4.78, 5) is 6.66. The summed E-state index contributed by atoms with van der Waals surface area (Å²) in [7, 11) is -0.234. The van der Waals surface area contributed by atoms with E-state index in [1.807, 2.05) is 0 Å². The average Bonchev–Trinajstić information content (AvgIpc) is 3.08. The second-order valence-corrected chi connectivity index (χ2v) is 7.82. The summed E-state index contributed by atoms with van der Waals surface area (Å²) in [6.45, 7) is 4.35. The molecule has 146 valence electrons. The lowest BCUT2D eigenvalue weighted by Gasteiger charge is -2.22. The quantitative estimate of drug-likeness (QED) is 0.382. The van der Waals surface area contributed by atoms with Crippen LogP contribution in [0.15, 0.2) is 34.2 Å². The number of guanidine groups is 1. The summed E-state index contributed by atoms with van der Waals surface area (Å²) in [6, 6.07) is 6.52. The Balaban J connectivity index is 1.81. The van der Waals surface area contributed by atoms with Crippen LogP contribution in [0, 0.1) is 5.92 Å².